The van der Waals surface area contributed by atoms with Crippen molar-refractivity contribution in [2.24, 2.45) is 15.9 Å². The Morgan fingerprint density at radius 2 is 1.48 bits per heavy atom. The quantitative estimate of drug-likeness (QED) is 0.352. The molecule has 2 N–H and O–H groups in total. The van der Waals surface area contributed by atoms with Crippen LogP contribution in [0.15, 0.2) is 89.1 Å². The minimum absolute atomic E-state index is 0.461. The van der Waals surface area contributed by atoms with E-state index in [0.29, 0.717) is 5.17 Å². The Morgan fingerprint density at radius 1 is 0.852 bits per heavy atom. The molecule has 0 radical (unpaired) electrons. The summed E-state index contributed by atoms with van der Waals surface area (Å²) in [5.74, 6) is 0.789. The lowest BCUT2D eigenvalue weighted by Crippen LogP contribution is -2.05. The summed E-state index contributed by atoms with van der Waals surface area (Å²) in [5, 5.41) is 8.62. The van der Waals surface area contributed by atoms with Crippen molar-refractivity contribution in [3.8, 4) is 11.1 Å². The predicted molar refractivity (Wildman–Crippen MR) is 118 cm³/mol. The Morgan fingerprint density at radius 3 is 2.11 bits per heavy atom. The summed E-state index contributed by atoms with van der Waals surface area (Å²) in [6.07, 6.45) is 2.78. The molecule has 0 aliphatic heterocycles. The van der Waals surface area contributed by atoms with Crippen LogP contribution in [0.2, 0.25) is 0 Å². The van der Waals surface area contributed by atoms with Gasteiger partial charge >= 0.3 is 0 Å². The number of nitrogens with two attached hydrogens (primary N) is 1. The fourth-order valence-corrected chi connectivity index (χ4v) is 3.22. The maximum absolute atomic E-state index is 5.91. The largest absolute Gasteiger partial charge is 0.377 e. The van der Waals surface area contributed by atoms with Gasteiger partial charge in [-0.2, -0.15) is 5.10 Å². The Kier molecular flexibility index (Phi) is 6.83. The minimum Gasteiger partial charge on any atom is -0.377 e. The van der Waals surface area contributed by atoms with Gasteiger partial charge in [0.15, 0.2) is 5.17 Å². The second kappa shape index (κ2) is 9.74. The topological polar surface area (TPSA) is 50.7 Å². The molecule has 0 unspecified atom stereocenters. The molecule has 4 heteroatoms. The SMILES string of the molecule is CCc1ccc(-c2ccc(C=NN=C(N)SCc3ccccc3)cc2)cc1. The van der Waals surface area contributed by atoms with Crippen LogP contribution in [-0.2, 0) is 12.2 Å². The highest BCUT2D eigenvalue weighted by atomic mass is 32.2. The average Bonchev–Trinajstić information content (AvgIpc) is 2.74. The van der Waals surface area contributed by atoms with Gasteiger partial charge in [0.25, 0.3) is 0 Å². The van der Waals surface area contributed by atoms with E-state index < -0.39 is 0 Å². The Hall–Kier alpha value is -2.85. The molecule has 0 aliphatic carbocycles. The number of rotatable bonds is 6. The molecule has 0 bridgehead atoms. The molecule has 3 nitrogen and oxygen atoms in total. The van der Waals surface area contributed by atoms with E-state index >= 15 is 0 Å². The molecule has 0 aromatic heterocycles. The van der Waals surface area contributed by atoms with Crippen molar-refractivity contribution in [2.45, 2.75) is 19.1 Å². The number of hydrogen-bond donors (Lipinski definition) is 1. The summed E-state index contributed by atoms with van der Waals surface area (Å²) in [4.78, 5) is 0. The van der Waals surface area contributed by atoms with E-state index in [2.05, 4.69) is 65.7 Å². The molecule has 0 amide bonds. The molecule has 136 valence electrons. The Bertz CT molecular complexity index is 899. The molecule has 3 rings (SSSR count). The lowest BCUT2D eigenvalue weighted by Gasteiger charge is -2.03. The van der Waals surface area contributed by atoms with Crippen LogP contribution >= 0.6 is 11.8 Å². The highest BCUT2D eigenvalue weighted by Crippen LogP contribution is 2.20. The Balaban J connectivity index is 1.56. The van der Waals surface area contributed by atoms with Crippen molar-refractivity contribution < 1.29 is 0 Å². The van der Waals surface area contributed by atoms with Gasteiger partial charge in [0, 0.05) is 5.75 Å². The van der Waals surface area contributed by atoms with Crippen molar-refractivity contribution in [1.29, 1.82) is 0 Å². The lowest BCUT2D eigenvalue weighted by molar-refractivity contribution is 1.14. The molecule has 0 saturated heterocycles. The average molecular weight is 374 g/mol. The zero-order valence-electron chi connectivity index (χ0n) is 15.4. The first-order valence-electron chi connectivity index (χ1n) is 8.97. The maximum atomic E-state index is 5.91. The van der Waals surface area contributed by atoms with Gasteiger partial charge < -0.3 is 5.73 Å². The molecule has 0 fully saturated rings. The fraction of sp³-hybridized carbons (Fsp3) is 0.130. The minimum atomic E-state index is 0.461. The van der Waals surface area contributed by atoms with Crippen LogP contribution in [0.1, 0.15) is 23.6 Å². The van der Waals surface area contributed by atoms with Gasteiger partial charge in [-0.15, -0.1) is 5.10 Å². The standard InChI is InChI=1S/C23H23N3S/c1-2-18-8-12-21(13-9-18)22-14-10-19(11-15-22)16-25-26-23(24)27-17-20-6-4-3-5-7-20/h3-16H,2,17H2,1H3,(H2,24,26). The number of amidine groups is 1. The maximum Gasteiger partial charge on any atom is 0.180 e. The third kappa shape index (κ3) is 5.83. The summed E-state index contributed by atoms with van der Waals surface area (Å²) in [5.41, 5.74) is 11.9. The van der Waals surface area contributed by atoms with Crippen LogP contribution in [-0.4, -0.2) is 11.4 Å². The molecule has 0 saturated carbocycles. The molecule has 0 atom stereocenters. The van der Waals surface area contributed by atoms with Crippen molar-refractivity contribution in [1.82, 2.24) is 0 Å². The third-order valence-electron chi connectivity index (χ3n) is 4.20. The molecular formula is C23H23N3S. The van der Waals surface area contributed by atoms with Crippen molar-refractivity contribution in [2.75, 3.05) is 0 Å². The lowest BCUT2D eigenvalue weighted by atomic mass is 10.0. The van der Waals surface area contributed by atoms with E-state index in [1.54, 1.807) is 6.21 Å². The van der Waals surface area contributed by atoms with Crippen LogP contribution < -0.4 is 5.73 Å². The normalized spacial score (nSPS) is 11.8. The zero-order chi connectivity index (χ0) is 18.9. The highest BCUT2D eigenvalue weighted by molar-refractivity contribution is 8.13. The van der Waals surface area contributed by atoms with Crippen molar-refractivity contribution in [3.05, 3.63) is 95.6 Å². The van der Waals surface area contributed by atoms with Crippen LogP contribution in [0.5, 0.6) is 0 Å². The van der Waals surface area contributed by atoms with E-state index in [-0.39, 0.29) is 0 Å². The van der Waals surface area contributed by atoms with E-state index in [1.165, 1.54) is 34.0 Å². The molecule has 0 spiro atoms. The first-order valence-corrected chi connectivity index (χ1v) is 9.96. The zero-order valence-corrected chi connectivity index (χ0v) is 16.2. The van der Waals surface area contributed by atoms with E-state index in [4.69, 9.17) is 5.73 Å². The van der Waals surface area contributed by atoms with Crippen LogP contribution in [0, 0.1) is 0 Å². The summed E-state index contributed by atoms with van der Waals surface area (Å²) in [6, 6.07) is 27.1. The summed E-state index contributed by atoms with van der Waals surface area (Å²) in [6.45, 7) is 2.17. The molecule has 0 heterocycles. The van der Waals surface area contributed by atoms with Gasteiger partial charge in [0.1, 0.15) is 0 Å². The molecule has 3 aromatic rings. The van der Waals surface area contributed by atoms with Crippen molar-refractivity contribution in [3.63, 3.8) is 0 Å². The summed E-state index contributed by atoms with van der Waals surface area (Å²) in [7, 11) is 0. The summed E-state index contributed by atoms with van der Waals surface area (Å²) < 4.78 is 0. The fourth-order valence-electron chi connectivity index (χ4n) is 2.61. The van der Waals surface area contributed by atoms with Gasteiger partial charge in [-0.25, -0.2) is 0 Å². The molecule has 3 aromatic carbocycles. The van der Waals surface area contributed by atoms with Crippen LogP contribution in [0.4, 0.5) is 0 Å². The van der Waals surface area contributed by atoms with Gasteiger partial charge in [0.05, 0.1) is 6.21 Å². The second-order valence-corrected chi connectivity index (χ2v) is 7.13. The van der Waals surface area contributed by atoms with E-state index in [0.717, 1.165) is 17.7 Å². The van der Waals surface area contributed by atoms with Gasteiger partial charge in [-0.1, -0.05) is 97.5 Å². The number of thioether (sulfide) groups is 1. The first-order chi connectivity index (χ1) is 13.2. The van der Waals surface area contributed by atoms with Crippen LogP contribution in [0.3, 0.4) is 0 Å². The monoisotopic (exact) mass is 373 g/mol. The number of hydrogen-bond acceptors (Lipinski definition) is 3. The first kappa shape index (κ1) is 18.9. The second-order valence-electron chi connectivity index (χ2n) is 6.13. The predicted octanol–water partition coefficient (Wildman–Crippen LogP) is 5.50. The van der Waals surface area contributed by atoms with Crippen molar-refractivity contribution >= 4 is 23.1 Å². The molecule has 27 heavy (non-hydrogen) atoms. The van der Waals surface area contributed by atoms with Gasteiger partial charge in [-0.3, -0.25) is 0 Å². The number of aryl methyl sites for hydroxylation is 1. The summed E-state index contributed by atoms with van der Waals surface area (Å²) >= 11 is 1.48. The Labute approximate surface area is 165 Å². The van der Waals surface area contributed by atoms with Crippen LogP contribution in [0.25, 0.3) is 11.1 Å². The van der Waals surface area contributed by atoms with E-state index in [9.17, 15) is 0 Å². The molecular weight excluding hydrogens is 350 g/mol. The van der Waals surface area contributed by atoms with Gasteiger partial charge in [0.2, 0.25) is 0 Å². The number of nitrogens with zero attached hydrogens (tertiary/aromatic N) is 2. The third-order valence-corrected chi connectivity index (χ3v) is 5.05. The smallest absolute Gasteiger partial charge is 0.180 e. The molecule has 0 aliphatic rings. The van der Waals surface area contributed by atoms with Gasteiger partial charge in [-0.05, 0) is 34.2 Å². The van der Waals surface area contributed by atoms with E-state index in [1.807, 2.05) is 30.3 Å². The number of benzene rings is 3. The highest BCUT2D eigenvalue weighted by Gasteiger charge is 1.98.